The third-order valence-electron chi connectivity index (χ3n) is 3.98. The summed E-state index contributed by atoms with van der Waals surface area (Å²) < 4.78 is 4.97. The van der Waals surface area contributed by atoms with E-state index in [2.05, 4.69) is 0 Å². The van der Waals surface area contributed by atoms with Crippen LogP contribution in [-0.2, 0) is 20.9 Å². The molecule has 21 heavy (non-hydrogen) atoms. The highest BCUT2D eigenvalue weighted by atomic mass is 35.5. The van der Waals surface area contributed by atoms with E-state index in [1.165, 1.54) is 0 Å². The van der Waals surface area contributed by atoms with Gasteiger partial charge in [-0.05, 0) is 17.7 Å². The second-order valence-corrected chi connectivity index (χ2v) is 5.82. The molecule has 6 heteroatoms. The van der Waals surface area contributed by atoms with Gasteiger partial charge in [0.25, 0.3) is 0 Å². The maximum Gasteiger partial charge on any atom is 0.323 e. The molecule has 0 saturated carbocycles. The van der Waals surface area contributed by atoms with Crippen LogP contribution in [0.1, 0.15) is 12.0 Å². The molecule has 1 unspecified atom stereocenters. The van der Waals surface area contributed by atoms with E-state index in [9.17, 15) is 9.59 Å². The molecule has 2 aliphatic rings. The van der Waals surface area contributed by atoms with Gasteiger partial charge >= 0.3 is 5.97 Å². The van der Waals surface area contributed by atoms with Crippen LogP contribution in [0.5, 0.6) is 0 Å². The summed E-state index contributed by atoms with van der Waals surface area (Å²) in [6, 6.07) is 7.26. The minimum absolute atomic E-state index is 0.0518. The zero-order valence-corrected chi connectivity index (χ0v) is 12.4. The van der Waals surface area contributed by atoms with Crippen LogP contribution < -0.4 is 0 Å². The van der Waals surface area contributed by atoms with Gasteiger partial charge in [-0.3, -0.25) is 14.5 Å². The molecule has 0 bridgehead atoms. The first kappa shape index (κ1) is 14.4. The van der Waals surface area contributed by atoms with Gasteiger partial charge in [-0.2, -0.15) is 0 Å². The highest BCUT2D eigenvalue weighted by molar-refractivity contribution is 6.30. The molecule has 3 rings (SSSR count). The Morgan fingerprint density at radius 1 is 1.19 bits per heavy atom. The van der Waals surface area contributed by atoms with Crippen molar-refractivity contribution < 1.29 is 14.3 Å². The molecular weight excluding hydrogens is 292 g/mol. The Morgan fingerprint density at radius 2 is 1.95 bits per heavy atom. The van der Waals surface area contributed by atoms with Crippen LogP contribution >= 0.6 is 11.6 Å². The fourth-order valence-corrected chi connectivity index (χ4v) is 2.91. The van der Waals surface area contributed by atoms with Crippen molar-refractivity contribution in [3.05, 3.63) is 34.9 Å². The molecule has 1 aromatic carbocycles. The zero-order valence-electron chi connectivity index (χ0n) is 11.6. The van der Waals surface area contributed by atoms with Crippen LogP contribution in [0.2, 0.25) is 5.02 Å². The molecule has 1 atom stereocenters. The van der Waals surface area contributed by atoms with Gasteiger partial charge in [0.1, 0.15) is 6.04 Å². The summed E-state index contributed by atoms with van der Waals surface area (Å²) in [5.41, 5.74) is 1.06. The molecule has 0 radical (unpaired) electrons. The summed E-state index contributed by atoms with van der Waals surface area (Å²) in [7, 11) is 0. The fraction of sp³-hybridized carbons (Fsp3) is 0.467. The third kappa shape index (κ3) is 3.19. The van der Waals surface area contributed by atoms with Gasteiger partial charge in [0, 0.05) is 31.1 Å². The van der Waals surface area contributed by atoms with E-state index in [1.807, 2.05) is 34.1 Å². The number of ether oxygens (including phenoxy) is 1. The maximum absolute atomic E-state index is 12.2. The first-order chi connectivity index (χ1) is 10.1. The summed E-state index contributed by atoms with van der Waals surface area (Å²) >= 11 is 5.86. The number of nitrogens with zero attached hydrogens (tertiary/aromatic N) is 2. The molecule has 2 heterocycles. The number of hydrogen-bond donors (Lipinski definition) is 0. The van der Waals surface area contributed by atoms with Gasteiger partial charge in [-0.25, -0.2) is 0 Å². The number of amides is 1. The lowest BCUT2D eigenvalue weighted by Crippen LogP contribution is -2.54. The van der Waals surface area contributed by atoms with E-state index in [0.717, 1.165) is 5.56 Å². The number of halogens is 1. The van der Waals surface area contributed by atoms with Crippen molar-refractivity contribution >= 4 is 23.5 Å². The minimum Gasteiger partial charge on any atom is -0.464 e. The number of carbonyl (C=O) groups is 2. The number of piperazine rings is 1. The lowest BCUT2D eigenvalue weighted by molar-refractivity contribution is -0.146. The summed E-state index contributed by atoms with van der Waals surface area (Å²) in [6.07, 6.45) is 0.684. The summed E-state index contributed by atoms with van der Waals surface area (Å²) in [5, 5.41) is 0.689. The van der Waals surface area contributed by atoms with Gasteiger partial charge in [0.2, 0.25) is 5.91 Å². The van der Waals surface area contributed by atoms with E-state index in [1.54, 1.807) is 0 Å². The van der Waals surface area contributed by atoms with E-state index in [0.29, 0.717) is 37.7 Å². The van der Waals surface area contributed by atoms with Gasteiger partial charge in [-0.1, -0.05) is 23.7 Å². The Balaban J connectivity index is 1.59. The third-order valence-corrected chi connectivity index (χ3v) is 4.24. The van der Waals surface area contributed by atoms with Crippen molar-refractivity contribution in [1.82, 2.24) is 9.80 Å². The summed E-state index contributed by atoms with van der Waals surface area (Å²) in [5.74, 6) is -0.148. The Labute approximate surface area is 128 Å². The predicted molar refractivity (Wildman–Crippen MR) is 77.8 cm³/mol. The lowest BCUT2D eigenvalue weighted by atomic mass is 10.1. The smallest absolute Gasteiger partial charge is 0.323 e. The van der Waals surface area contributed by atoms with Crippen LogP contribution in [-0.4, -0.2) is 54.0 Å². The highest BCUT2D eigenvalue weighted by Gasteiger charge is 2.36. The Kier molecular flexibility index (Phi) is 4.12. The number of benzene rings is 1. The van der Waals surface area contributed by atoms with E-state index in [4.69, 9.17) is 16.3 Å². The van der Waals surface area contributed by atoms with Crippen LogP contribution in [0.4, 0.5) is 0 Å². The summed E-state index contributed by atoms with van der Waals surface area (Å²) in [4.78, 5) is 27.6. The van der Waals surface area contributed by atoms with Crippen LogP contribution in [0.15, 0.2) is 24.3 Å². The maximum atomic E-state index is 12.2. The number of hydrogen-bond acceptors (Lipinski definition) is 4. The van der Waals surface area contributed by atoms with Crippen molar-refractivity contribution in [2.45, 2.75) is 19.0 Å². The minimum atomic E-state index is -0.244. The Bertz CT molecular complexity index is 546. The number of esters is 1. The fourth-order valence-electron chi connectivity index (χ4n) is 2.79. The molecule has 0 spiro atoms. The first-order valence-corrected chi connectivity index (χ1v) is 7.44. The van der Waals surface area contributed by atoms with Gasteiger partial charge in [0.15, 0.2) is 0 Å². The van der Waals surface area contributed by atoms with Gasteiger partial charge in [0.05, 0.1) is 13.2 Å². The Morgan fingerprint density at radius 3 is 2.57 bits per heavy atom. The zero-order chi connectivity index (χ0) is 14.8. The molecule has 2 fully saturated rings. The highest BCUT2D eigenvalue weighted by Crippen LogP contribution is 2.18. The second kappa shape index (κ2) is 6.03. The molecule has 2 aliphatic heterocycles. The van der Waals surface area contributed by atoms with Gasteiger partial charge < -0.3 is 9.64 Å². The van der Waals surface area contributed by atoms with E-state index < -0.39 is 0 Å². The van der Waals surface area contributed by atoms with E-state index in [-0.39, 0.29) is 24.5 Å². The first-order valence-electron chi connectivity index (χ1n) is 7.06. The molecule has 2 saturated heterocycles. The van der Waals surface area contributed by atoms with Crippen LogP contribution in [0, 0.1) is 0 Å². The second-order valence-electron chi connectivity index (χ2n) is 5.38. The SMILES string of the molecule is O=C1OCCC1N1CCN(Cc2ccc(Cl)cc2)C(=O)C1. The number of carbonyl (C=O) groups excluding carboxylic acids is 2. The monoisotopic (exact) mass is 308 g/mol. The molecule has 112 valence electrons. The number of rotatable bonds is 3. The average molecular weight is 309 g/mol. The quantitative estimate of drug-likeness (QED) is 0.790. The molecule has 1 aromatic rings. The Hall–Kier alpha value is -1.59. The van der Waals surface area contributed by atoms with E-state index >= 15 is 0 Å². The van der Waals surface area contributed by atoms with Crippen molar-refractivity contribution in [2.75, 3.05) is 26.2 Å². The largest absolute Gasteiger partial charge is 0.464 e. The molecular formula is C15H17ClN2O3. The average Bonchev–Trinajstić information content (AvgIpc) is 2.90. The van der Waals surface area contributed by atoms with Crippen LogP contribution in [0.25, 0.3) is 0 Å². The molecule has 0 aromatic heterocycles. The normalized spacial score (nSPS) is 23.5. The van der Waals surface area contributed by atoms with Crippen molar-refractivity contribution in [2.24, 2.45) is 0 Å². The standard InChI is InChI=1S/C15H17ClN2O3/c16-12-3-1-11(2-4-12)9-18-7-6-17(10-14(18)19)13-5-8-21-15(13)20/h1-4,13H,5-10H2. The molecule has 0 N–H and O–H groups in total. The van der Waals surface area contributed by atoms with Crippen LogP contribution in [0.3, 0.4) is 0 Å². The molecule has 1 amide bonds. The number of cyclic esters (lactones) is 1. The molecule has 5 nitrogen and oxygen atoms in total. The van der Waals surface area contributed by atoms with Crippen molar-refractivity contribution in [1.29, 1.82) is 0 Å². The summed E-state index contributed by atoms with van der Waals surface area (Å²) in [6.45, 7) is 2.67. The predicted octanol–water partition coefficient (Wildman–Crippen LogP) is 1.30. The van der Waals surface area contributed by atoms with Crippen molar-refractivity contribution in [3.63, 3.8) is 0 Å². The van der Waals surface area contributed by atoms with Gasteiger partial charge in [-0.15, -0.1) is 0 Å². The molecule has 0 aliphatic carbocycles. The topological polar surface area (TPSA) is 49.9 Å². The van der Waals surface area contributed by atoms with Crippen molar-refractivity contribution in [3.8, 4) is 0 Å². The lowest BCUT2D eigenvalue weighted by Gasteiger charge is -2.36.